The maximum Gasteiger partial charge on any atom is 0.325 e. The molecule has 10 heteroatoms. The Hall–Kier alpha value is -3.40. The zero-order chi connectivity index (χ0) is 22.1. The van der Waals surface area contributed by atoms with Crippen molar-refractivity contribution < 1.29 is 19.1 Å². The van der Waals surface area contributed by atoms with E-state index >= 15 is 0 Å². The van der Waals surface area contributed by atoms with Crippen LogP contribution in [0.5, 0.6) is 5.75 Å². The lowest BCUT2D eigenvalue weighted by molar-refractivity contribution is -0.143. The van der Waals surface area contributed by atoms with Gasteiger partial charge in [0.2, 0.25) is 5.91 Å². The average molecular weight is 442 g/mol. The minimum absolute atomic E-state index is 0.0743. The van der Waals surface area contributed by atoms with Crippen molar-refractivity contribution in [1.82, 2.24) is 25.1 Å². The number of ether oxygens (including phenoxy) is 2. The maximum absolute atomic E-state index is 12.1. The zero-order valence-electron chi connectivity index (χ0n) is 17.3. The van der Waals surface area contributed by atoms with Crippen LogP contribution in [-0.2, 0) is 14.3 Å². The molecular formula is C21H23N5O4S. The molecule has 0 aliphatic carbocycles. The molecule has 9 nitrogen and oxygen atoms in total. The van der Waals surface area contributed by atoms with Gasteiger partial charge in [-0.3, -0.25) is 19.1 Å². The smallest absolute Gasteiger partial charge is 0.325 e. The second-order valence-corrected chi connectivity index (χ2v) is 7.12. The largest absolute Gasteiger partial charge is 0.494 e. The highest BCUT2D eigenvalue weighted by Crippen LogP contribution is 2.28. The number of aromatic nitrogens is 4. The first kappa shape index (κ1) is 22.3. The van der Waals surface area contributed by atoms with Crippen molar-refractivity contribution in [2.45, 2.75) is 19.0 Å². The van der Waals surface area contributed by atoms with Gasteiger partial charge in [0.25, 0.3) is 0 Å². The molecular weight excluding hydrogens is 418 g/mol. The number of thioether (sulfide) groups is 1. The van der Waals surface area contributed by atoms with E-state index in [1.807, 2.05) is 47.9 Å². The fourth-order valence-electron chi connectivity index (χ4n) is 2.71. The molecule has 0 radical (unpaired) electrons. The summed E-state index contributed by atoms with van der Waals surface area (Å²) in [5.41, 5.74) is 1.67. The second-order valence-electron chi connectivity index (χ2n) is 6.17. The first-order valence-corrected chi connectivity index (χ1v) is 10.7. The monoisotopic (exact) mass is 441 g/mol. The van der Waals surface area contributed by atoms with Gasteiger partial charge in [0, 0.05) is 23.6 Å². The molecule has 3 aromatic rings. The number of nitrogens with one attached hydrogen (secondary N) is 1. The third kappa shape index (κ3) is 6.05. The number of benzene rings is 1. The molecule has 1 amide bonds. The SMILES string of the molecule is CCOC(=O)CNC(=O)CSc1nnc(-c2ccncc2)n1-c1ccc(OCC)cc1. The molecule has 31 heavy (non-hydrogen) atoms. The highest BCUT2D eigenvalue weighted by atomic mass is 32.2. The van der Waals surface area contributed by atoms with Gasteiger partial charge in [-0.2, -0.15) is 0 Å². The normalized spacial score (nSPS) is 10.5. The predicted octanol–water partition coefficient (Wildman–Crippen LogP) is 2.50. The number of nitrogens with zero attached hydrogens (tertiary/aromatic N) is 4. The Kier molecular flexibility index (Phi) is 7.99. The van der Waals surface area contributed by atoms with Gasteiger partial charge in [-0.05, 0) is 50.2 Å². The molecule has 0 fully saturated rings. The van der Waals surface area contributed by atoms with Gasteiger partial charge in [-0.1, -0.05) is 11.8 Å². The lowest BCUT2D eigenvalue weighted by Crippen LogP contribution is -2.31. The molecule has 1 aromatic carbocycles. The van der Waals surface area contributed by atoms with E-state index in [4.69, 9.17) is 9.47 Å². The molecule has 162 valence electrons. The lowest BCUT2D eigenvalue weighted by Gasteiger charge is -2.11. The second kappa shape index (κ2) is 11.1. The van der Waals surface area contributed by atoms with E-state index in [9.17, 15) is 9.59 Å². The van der Waals surface area contributed by atoms with Crippen LogP contribution in [0.4, 0.5) is 0 Å². The lowest BCUT2D eigenvalue weighted by atomic mass is 10.2. The molecule has 0 aliphatic rings. The van der Waals surface area contributed by atoms with Crippen LogP contribution in [0.15, 0.2) is 53.9 Å². The number of pyridine rings is 1. The van der Waals surface area contributed by atoms with Crippen LogP contribution in [0.3, 0.4) is 0 Å². The van der Waals surface area contributed by atoms with E-state index < -0.39 is 5.97 Å². The Morgan fingerprint density at radius 3 is 2.45 bits per heavy atom. The van der Waals surface area contributed by atoms with Crippen LogP contribution in [0.25, 0.3) is 17.1 Å². The molecule has 0 unspecified atom stereocenters. The minimum atomic E-state index is -0.474. The third-order valence-corrected chi connectivity index (χ3v) is 4.97. The molecule has 0 bridgehead atoms. The Labute approximate surface area is 184 Å². The Morgan fingerprint density at radius 1 is 1.03 bits per heavy atom. The Bertz CT molecular complexity index is 1010. The van der Waals surface area contributed by atoms with Gasteiger partial charge in [-0.15, -0.1) is 10.2 Å². The highest BCUT2D eigenvalue weighted by molar-refractivity contribution is 7.99. The molecule has 0 saturated carbocycles. The summed E-state index contributed by atoms with van der Waals surface area (Å²) in [6.07, 6.45) is 3.37. The first-order valence-electron chi connectivity index (χ1n) is 9.76. The van der Waals surface area contributed by atoms with E-state index in [1.165, 1.54) is 11.8 Å². The number of rotatable bonds is 10. The van der Waals surface area contributed by atoms with Gasteiger partial charge in [-0.25, -0.2) is 0 Å². The van der Waals surface area contributed by atoms with E-state index in [1.54, 1.807) is 19.3 Å². The van der Waals surface area contributed by atoms with E-state index in [-0.39, 0.29) is 24.8 Å². The third-order valence-electron chi connectivity index (χ3n) is 4.05. The Morgan fingerprint density at radius 2 is 1.77 bits per heavy atom. The number of amides is 1. The molecule has 3 rings (SSSR count). The van der Waals surface area contributed by atoms with Crippen molar-refractivity contribution in [2.75, 3.05) is 25.5 Å². The molecule has 0 saturated heterocycles. The van der Waals surface area contributed by atoms with Crippen molar-refractivity contribution in [2.24, 2.45) is 0 Å². The molecule has 2 aromatic heterocycles. The number of hydrogen-bond acceptors (Lipinski definition) is 8. The van der Waals surface area contributed by atoms with Gasteiger partial charge in [0.1, 0.15) is 12.3 Å². The van der Waals surface area contributed by atoms with E-state index in [2.05, 4.69) is 20.5 Å². The summed E-state index contributed by atoms with van der Waals surface area (Å²) in [4.78, 5) is 27.6. The summed E-state index contributed by atoms with van der Waals surface area (Å²) in [6, 6.07) is 11.2. The van der Waals surface area contributed by atoms with E-state index in [0.29, 0.717) is 17.6 Å². The van der Waals surface area contributed by atoms with Crippen molar-refractivity contribution in [3.8, 4) is 22.8 Å². The number of carbonyl (C=O) groups excluding carboxylic acids is 2. The quantitative estimate of drug-likeness (QED) is 0.378. The molecule has 1 N–H and O–H groups in total. The fourth-order valence-corrected chi connectivity index (χ4v) is 3.49. The number of carbonyl (C=O) groups is 2. The van der Waals surface area contributed by atoms with Crippen molar-refractivity contribution in [3.63, 3.8) is 0 Å². The fraction of sp³-hybridized carbons (Fsp3) is 0.286. The van der Waals surface area contributed by atoms with Crippen LogP contribution < -0.4 is 10.1 Å². The summed E-state index contributed by atoms with van der Waals surface area (Å²) in [5, 5.41) is 11.7. The standard InChI is InChI=1S/C21H23N5O4S/c1-3-29-17-7-5-16(6-8-17)26-20(15-9-11-22-12-10-15)24-25-21(26)31-14-18(27)23-13-19(28)30-4-2/h5-12H,3-4,13-14H2,1-2H3,(H,23,27). The summed E-state index contributed by atoms with van der Waals surface area (Å²) in [6.45, 7) is 4.32. The summed E-state index contributed by atoms with van der Waals surface area (Å²) < 4.78 is 12.2. The molecule has 0 spiro atoms. The van der Waals surface area contributed by atoms with Crippen LogP contribution in [0.1, 0.15) is 13.8 Å². The molecule has 0 aliphatic heterocycles. The van der Waals surface area contributed by atoms with Gasteiger partial charge in [0.05, 0.1) is 19.0 Å². The zero-order valence-corrected chi connectivity index (χ0v) is 18.1. The van der Waals surface area contributed by atoms with Crippen LogP contribution in [0, 0.1) is 0 Å². The predicted molar refractivity (Wildman–Crippen MR) is 116 cm³/mol. The maximum atomic E-state index is 12.1. The summed E-state index contributed by atoms with van der Waals surface area (Å²) in [7, 11) is 0. The average Bonchev–Trinajstić information content (AvgIpc) is 3.22. The van der Waals surface area contributed by atoms with Crippen molar-refractivity contribution in [1.29, 1.82) is 0 Å². The van der Waals surface area contributed by atoms with Crippen LogP contribution >= 0.6 is 11.8 Å². The number of esters is 1. The highest BCUT2D eigenvalue weighted by Gasteiger charge is 2.17. The van der Waals surface area contributed by atoms with Crippen molar-refractivity contribution >= 4 is 23.6 Å². The van der Waals surface area contributed by atoms with Crippen LogP contribution in [-0.4, -0.2) is 57.1 Å². The van der Waals surface area contributed by atoms with Gasteiger partial charge < -0.3 is 14.8 Å². The van der Waals surface area contributed by atoms with E-state index in [0.717, 1.165) is 17.0 Å². The van der Waals surface area contributed by atoms with Crippen LogP contribution in [0.2, 0.25) is 0 Å². The first-order chi connectivity index (χ1) is 15.1. The topological polar surface area (TPSA) is 108 Å². The summed E-state index contributed by atoms with van der Waals surface area (Å²) >= 11 is 1.22. The van der Waals surface area contributed by atoms with Gasteiger partial charge >= 0.3 is 5.97 Å². The minimum Gasteiger partial charge on any atom is -0.494 e. The molecule has 2 heterocycles. The van der Waals surface area contributed by atoms with Crippen molar-refractivity contribution in [3.05, 3.63) is 48.8 Å². The summed E-state index contributed by atoms with van der Waals surface area (Å²) in [5.74, 6) is 0.687. The number of hydrogen-bond donors (Lipinski definition) is 1. The molecule has 0 atom stereocenters. The van der Waals surface area contributed by atoms with Gasteiger partial charge in [0.15, 0.2) is 11.0 Å². The Balaban J connectivity index is 1.81.